The molecule has 1 aliphatic heterocycles. The van der Waals surface area contributed by atoms with Crippen molar-refractivity contribution in [2.24, 2.45) is 0 Å². The number of aryl methyl sites for hydroxylation is 2. The third-order valence-corrected chi connectivity index (χ3v) is 4.54. The standard InChI is InChI=1S/C19H25N5O2/c1-13-9-18(21-14(2)20-13)24-10-15(11-24)23(3)12-19(25)22-16-7-5-6-8-17(16)26-4/h5-9,15H,10-12H2,1-4H3,(H,22,25). The summed E-state index contributed by atoms with van der Waals surface area (Å²) in [4.78, 5) is 25.4. The fourth-order valence-electron chi connectivity index (χ4n) is 3.07. The van der Waals surface area contributed by atoms with Crippen molar-refractivity contribution >= 4 is 17.4 Å². The number of aromatic nitrogens is 2. The minimum atomic E-state index is -0.0517. The summed E-state index contributed by atoms with van der Waals surface area (Å²) in [6.45, 7) is 5.92. The summed E-state index contributed by atoms with van der Waals surface area (Å²) in [5, 5.41) is 2.91. The van der Waals surface area contributed by atoms with Crippen LogP contribution in [-0.2, 0) is 4.79 Å². The third kappa shape index (κ3) is 4.11. The second-order valence-electron chi connectivity index (χ2n) is 6.64. The summed E-state index contributed by atoms with van der Waals surface area (Å²) < 4.78 is 5.27. The Morgan fingerprint density at radius 2 is 2.04 bits per heavy atom. The lowest BCUT2D eigenvalue weighted by molar-refractivity contribution is -0.117. The summed E-state index contributed by atoms with van der Waals surface area (Å²) in [7, 11) is 3.57. The fourth-order valence-corrected chi connectivity index (χ4v) is 3.07. The maximum atomic E-state index is 12.3. The van der Waals surface area contributed by atoms with E-state index in [1.807, 2.05) is 51.2 Å². The van der Waals surface area contributed by atoms with Gasteiger partial charge in [0, 0.05) is 30.9 Å². The van der Waals surface area contributed by atoms with E-state index in [-0.39, 0.29) is 5.91 Å². The van der Waals surface area contributed by atoms with E-state index in [4.69, 9.17) is 4.74 Å². The first-order valence-corrected chi connectivity index (χ1v) is 8.66. The Bertz CT molecular complexity index is 769. The molecule has 0 radical (unpaired) electrons. The van der Waals surface area contributed by atoms with Gasteiger partial charge in [-0.25, -0.2) is 9.97 Å². The number of nitrogens with one attached hydrogen (secondary N) is 1. The number of benzene rings is 1. The molecule has 138 valence electrons. The number of hydrogen-bond acceptors (Lipinski definition) is 6. The van der Waals surface area contributed by atoms with Crippen molar-refractivity contribution < 1.29 is 9.53 Å². The highest BCUT2D eigenvalue weighted by molar-refractivity contribution is 5.93. The zero-order valence-corrected chi connectivity index (χ0v) is 15.7. The second kappa shape index (κ2) is 7.70. The molecule has 0 spiro atoms. The lowest BCUT2D eigenvalue weighted by Crippen LogP contribution is -2.59. The first kappa shape index (κ1) is 18.1. The van der Waals surface area contributed by atoms with Gasteiger partial charge in [0.15, 0.2) is 0 Å². The fraction of sp³-hybridized carbons (Fsp3) is 0.421. The van der Waals surface area contributed by atoms with E-state index in [1.165, 1.54) is 0 Å². The Hall–Kier alpha value is -2.67. The van der Waals surface area contributed by atoms with Crippen LogP contribution in [0.5, 0.6) is 5.75 Å². The average molecular weight is 355 g/mol. The molecule has 7 nitrogen and oxygen atoms in total. The van der Waals surface area contributed by atoms with Crippen molar-refractivity contribution in [3.8, 4) is 5.75 Å². The van der Waals surface area contributed by atoms with E-state index >= 15 is 0 Å². The van der Waals surface area contributed by atoms with Gasteiger partial charge in [0.2, 0.25) is 5.91 Å². The molecule has 1 aromatic carbocycles. The summed E-state index contributed by atoms with van der Waals surface area (Å²) in [6, 6.07) is 9.74. The van der Waals surface area contributed by atoms with Crippen LogP contribution in [0.1, 0.15) is 11.5 Å². The van der Waals surface area contributed by atoms with Crippen LogP contribution in [0.3, 0.4) is 0 Å². The molecule has 1 amide bonds. The molecule has 1 aliphatic rings. The van der Waals surface area contributed by atoms with Gasteiger partial charge in [0.25, 0.3) is 0 Å². The monoisotopic (exact) mass is 355 g/mol. The smallest absolute Gasteiger partial charge is 0.238 e. The van der Waals surface area contributed by atoms with Crippen molar-refractivity contribution in [3.63, 3.8) is 0 Å². The van der Waals surface area contributed by atoms with Gasteiger partial charge in [-0.05, 0) is 33.0 Å². The summed E-state index contributed by atoms with van der Waals surface area (Å²) >= 11 is 0. The molecule has 26 heavy (non-hydrogen) atoms. The van der Waals surface area contributed by atoms with E-state index in [2.05, 4.69) is 25.1 Å². The number of methoxy groups -OCH3 is 1. The Balaban J connectivity index is 1.51. The molecule has 0 saturated carbocycles. The van der Waals surface area contributed by atoms with E-state index in [9.17, 15) is 4.79 Å². The molecule has 0 bridgehead atoms. The highest BCUT2D eigenvalue weighted by atomic mass is 16.5. The normalized spacial score (nSPS) is 14.3. The van der Waals surface area contributed by atoms with E-state index in [0.29, 0.717) is 24.0 Å². The number of rotatable bonds is 6. The average Bonchev–Trinajstić information content (AvgIpc) is 2.52. The molecule has 1 saturated heterocycles. The Kier molecular flexibility index (Phi) is 5.37. The minimum absolute atomic E-state index is 0.0517. The second-order valence-corrected chi connectivity index (χ2v) is 6.64. The number of carbonyl (C=O) groups excluding carboxylic acids is 1. The van der Waals surface area contributed by atoms with Crippen LogP contribution in [0.4, 0.5) is 11.5 Å². The van der Waals surface area contributed by atoms with Gasteiger partial charge in [-0.2, -0.15) is 0 Å². The first-order valence-electron chi connectivity index (χ1n) is 8.66. The molecule has 0 atom stereocenters. The van der Waals surface area contributed by atoms with Gasteiger partial charge in [0.1, 0.15) is 17.4 Å². The molecule has 0 unspecified atom stereocenters. The maximum Gasteiger partial charge on any atom is 0.238 e. The zero-order chi connectivity index (χ0) is 18.7. The van der Waals surface area contributed by atoms with Crippen molar-refractivity contribution in [1.82, 2.24) is 14.9 Å². The molecule has 7 heteroatoms. The van der Waals surface area contributed by atoms with Gasteiger partial charge < -0.3 is 15.0 Å². The first-order chi connectivity index (χ1) is 12.5. The maximum absolute atomic E-state index is 12.3. The number of amides is 1. The predicted octanol–water partition coefficient (Wildman–Crippen LogP) is 1.86. The molecule has 2 heterocycles. The molecule has 1 fully saturated rings. The van der Waals surface area contributed by atoms with Gasteiger partial charge in [-0.3, -0.25) is 9.69 Å². The molecule has 1 N–H and O–H groups in total. The van der Waals surface area contributed by atoms with Crippen molar-refractivity contribution in [3.05, 3.63) is 41.9 Å². The van der Waals surface area contributed by atoms with Gasteiger partial charge in [-0.15, -0.1) is 0 Å². The quantitative estimate of drug-likeness (QED) is 0.853. The van der Waals surface area contributed by atoms with Crippen LogP contribution in [0, 0.1) is 13.8 Å². The van der Waals surface area contributed by atoms with Gasteiger partial charge in [0.05, 0.1) is 19.3 Å². The van der Waals surface area contributed by atoms with Gasteiger partial charge in [-0.1, -0.05) is 12.1 Å². The van der Waals surface area contributed by atoms with E-state index in [1.54, 1.807) is 7.11 Å². The largest absolute Gasteiger partial charge is 0.495 e. The van der Waals surface area contributed by atoms with Crippen LogP contribution in [0.2, 0.25) is 0 Å². The summed E-state index contributed by atoms with van der Waals surface area (Å²) in [6.07, 6.45) is 0. The van der Waals surface area contributed by atoms with Crippen molar-refractivity contribution in [2.45, 2.75) is 19.9 Å². The van der Waals surface area contributed by atoms with E-state index in [0.717, 1.165) is 30.4 Å². The Morgan fingerprint density at radius 1 is 1.31 bits per heavy atom. The molecule has 0 aliphatic carbocycles. The molecular weight excluding hydrogens is 330 g/mol. The molecule has 2 aromatic rings. The van der Waals surface area contributed by atoms with Crippen LogP contribution in [-0.4, -0.2) is 60.6 Å². The van der Waals surface area contributed by atoms with Crippen LogP contribution >= 0.6 is 0 Å². The summed E-state index contributed by atoms with van der Waals surface area (Å²) in [5.74, 6) is 2.35. The van der Waals surface area contributed by atoms with Gasteiger partial charge >= 0.3 is 0 Å². The number of anilines is 2. The molecule has 1 aromatic heterocycles. The molecular formula is C19H25N5O2. The highest BCUT2D eigenvalue weighted by Gasteiger charge is 2.32. The lowest BCUT2D eigenvalue weighted by Gasteiger charge is -2.44. The van der Waals surface area contributed by atoms with Crippen LogP contribution in [0.25, 0.3) is 0 Å². The van der Waals surface area contributed by atoms with Crippen LogP contribution in [0.15, 0.2) is 30.3 Å². The summed E-state index contributed by atoms with van der Waals surface area (Å²) in [5.41, 5.74) is 1.66. The Labute approximate surface area is 154 Å². The highest BCUT2D eigenvalue weighted by Crippen LogP contribution is 2.24. The zero-order valence-electron chi connectivity index (χ0n) is 15.7. The lowest BCUT2D eigenvalue weighted by atomic mass is 10.1. The number of ether oxygens (including phenoxy) is 1. The van der Waals surface area contributed by atoms with E-state index < -0.39 is 0 Å². The third-order valence-electron chi connectivity index (χ3n) is 4.54. The van der Waals surface area contributed by atoms with Crippen molar-refractivity contribution in [1.29, 1.82) is 0 Å². The van der Waals surface area contributed by atoms with Crippen LogP contribution < -0.4 is 15.0 Å². The number of nitrogens with zero attached hydrogens (tertiary/aromatic N) is 4. The minimum Gasteiger partial charge on any atom is -0.495 e. The molecule has 3 rings (SSSR count). The predicted molar refractivity (Wildman–Crippen MR) is 102 cm³/mol. The topological polar surface area (TPSA) is 70.6 Å². The SMILES string of the molecule is COc1ccccc1NC(=O)CN(C)C1CN(c2cc(C)nc(C)n2)C1. The number of likely N-dealkylation sites (N-methyl/N-ethyl adjacent to an activating group) is 1. The van der Waals surface area contributed by atoms with Crippen molar-refractivity contribution in [2.75, 3.05) is 44.0 Å². The Morgan fingerprint density at radius 3 is 2.73 bits per heavy atom. The number of carbonyl (C=O) groups is 1. The number of para-hydroxylation sites is 2. The number of hydrogen-bond donors (Lipinski definition) is 1.